The molecule has 19 rings (SSSR count). The Labute approximate surface area is 580 Å². The molecule has 0 radical (unpaired) electrons. The van der Waals surface area contributed by atoms with Crippen LogP contribution in [0.5, 0.6) is 28.7 Å². The molecule has 10 aliphatic rings. The standard InChI is InChI=1S/C94H94O3/c1-18-95-80-47-32-62(33-48-80)26-40-72-52-76(89(2,3)4)56-81-85(72)96-86-73(53-77(90(5,6)7)57-82(86)93(81,14)15)45-42-70-50-64-28-36-67(70)37-29-65-31-39-68(38-30-64)71(51-65)43-46-75-55-79(92(11,12)13)59-84-88(75)97-87-74(54-78(91(8,9)10)58-83(87)94(84,16)17)44-41-69-49-63-24-23-60-19-21-61(22-20-60)25-34-66(69)35-27-63/h19-22,27-28,31-33,35-36,39,47-59H,18,23-25,29-30,34,37-38H2,1-17H3. The van der Waals surface area contributed by atoms with Crippen molar-refractivity contribution in [3.8, 4) is 76.1 Å². The van der Waals surface area contributed by atoms with E-state index < -0.39 is 10.8 Å². The third-order valence-electron chi connectivity index (χ3n) is 20.7. The monoisotopic (exact) mass is 1270 g/mol. The van der Waals surface area contributed by atoms with Crippen LogP contribution in [0.1, 0.15) is 251 Å². The van der Waals surface area contributed by atoms with Crippen molar-refractivity contribution in [3.05, 3.63) is 285 Å². The van der Waals surface area contributed by atoms with Crippen LogP contribution in [-0.4, -0.2) is 6.61 Å². The molecule has 3 nitrogen and oxygen atoms in total. The van der Waals surface area contributed by atoms with Crippen LogP contribution in [0.4, 0.5) is 0 Å². The Kier molecular flexibility index (Phi) is 17.2. The van der Waals surface area contributed by atoms with Crippen LogP contribution >= 0.6 is 0 Å². The van der Waals surface area contributed by atoms with Gasteiger partial charge in [-0.15, -0.1) is 0 Å². The molecule has 488 valence electrons. The second kappa shape index (κ2) is 25.2. The van der Waals surface area contributed by atoms with E-state index in [9.17, 15) is 0 Å². The van der Waals surface area contributed by atoms with Crippen molar-refractivity contribution in [3.63, 3.8) is 0 Å². The van der Waals surface area contributed by atoms with Gasteiger partial charge in [0.05, 0.1) is 28.9 Å². The van der Waals surface area contributed by atoms with Crippen LogP contribution in [0.25, 0.3) is 0 Å². The molecule has 2 heterocycles. The smallest absolute Gasteiger partial charge is 0.147 e. The van der Waals surface area contributed by atoms with Crippen molar-refractivity contribution in [1.29, 1.82) is 0 Å². The average Bonchev–Trinajstić information content (AvgIpc) is 0.729. The summed E-state index contributed by atoms with van der Waals surface area (Å²) in [6.07, 6.45) is 7.22. The van der Waals surface area contributed by atoms with Gasteiger partial charge in [-0.05, 0) is 213 Å². The van der Waals surface area contributed by atoms with E-state index in [4.69, 9.17) is 14.2 Å². The van der Waals surface area contributed by atoms with Gasteiger partial charge in [0, 0.05) is 55.3 Å². The summed E-state index contributed by atoms with van der Waals surface area (Å²) < 4.78 is 20.5. The first-order chi connectivity index (χ1) is 46.0. The van der Waals surface area contributed by atoms with Gasteiger partial charge >= 0.3 is 0 Å². The highest BCUT2D eigenvalue weighted by atomic mass is 16.5. The zero-order valence-electron chi connectivity index (χ0n) is 60.5. The van der Waals surface area contributed by atoms with Crippen LogP contribution in [0.2, 0.25) is 0 Å². The normalized spacial score (nSPS) is 14.8. The SMILES string of the molecule is CCOc1ccc(C#Cc2cc(C(C)(C)C)cc3c2Oc2c(C#Cc4cc5ccc4CCc4ccc(c(C#Cc6cc(C(C)(C)C)cc7c6Oc6c(C#Cc8cc9ccc8CCc8ccc(cc8)CC9)cc(C(C)(C)C)cc6C7(C)C)c4)CC5)cc(C(C)(C)C)cc2C3(C)C)cc1. The molecular weight excluding hydrogens is 1180 g/mol. The number of hydrogen-bond donors (Lipinski definition) is 0. The maximum absolute atomic E-state index is 7.42. The third-order valence-corrected chi connectivity index (χ3v) is 20.7. The molecule has 0 atom stereocenters. The summed E-state index contributed by atoms with van der Waals surface area (Å²) in [5.41, 5.74) is 26.1. The number of aryl methyl sites for hydroxylation is 8. The van der Waals surface area contributed by atoms with Crippen molar-refractivity contribution in [2.45, 2.75) is 202 Å². The van der Waals surface area contributed by atoms with E-state index in [1.807, 2.05) is 31.2 Å². The molecule has 0 unspecified atom stereocenters. The number of ether oxygens (including phenoxy) is 3. The van der Waals surface area contributed by atoms with Gasteiger partial charge in [0.1, 0.15) is 28.7 Å². The fourth-order valence-electron chi connectivity index (χ4n) is 14.1. The van der Waals surface area contributed by atoms with Crippen LogP contribution in [0.3, 0.4) is 0 Å². The maximum Gasteiger partial charge on any atom is 0.147 e. The second-order valence-corrected chi connectivity index (χ2v) is 32.8. The minimum absolute atomic E-state index is 0.116. The van der Waals surface area contributed by atoms with E-state index in [0.717, 1.165) is 147 Å². The van der Waals surface area contributed by atoms with Crippen molar-refractivity contribution < 1.29 is 14.2 Å². The molecule has 0 aromatic heterocycles. The Hall–Kier alpha value is -9.38. The number of benzene rings is 9. The largest absolute Gasteiger partial charge is 0.494 e. The molecule has 0 spiro atoms. The predicted molar refractivity (Wildman–Crippen MR) is 402 cm³/mol. The summed E-state index contributed by atoms with van der Waals surface area (Å²) in [5, 5.41) is 0. The van der Waals surface area contributed by atoms with E-state index in [-0.39, 0.29) is 21.7 Å². The van der Waals surface area contributed by atoms with Gasteiger partial charge in [-0.1, -0.05) is 243 Å². The molecule has 2 aliphatic heterocycles. The molecule has 0 N–H and O–H groups in total. The molecule has 9 aromatic carbocycles. The lowest BCUT2D eigenvalue weighted by Crippen LogP contribution is -2.28. The predicted octanol–water partition coefficient (Wildman–Crippen LogP) is 21.5. The zero-order chi connectivity index (χ0) is 68.6. The molecule has 3 heteroatoms. The van der Waals surface area contributed by atoms with Gasteiger partial charge in [-0.3, -0.25) is 0 Å². The topological polar surface area (TPSA) is 27.7 Å². The fourth-order valence-corrected chi connectivity index (χ4v) is 14.1. The Morgan fingerprint density at radius 2 is 0.577 bits per heavy atom. The quantitative estimate of drug-likeness (QED) is 0.161. The summed E-state index contributed by atoms with van der Waals surface area (Å²) in [7, 11) is 0. The highest BCUT2D eigenvalue weighted by Crippen LogP contribution is 2.55. The van der Waals surface area contributed by atoms with Gasteiger partial charge < -0.3 is 14.2 Å². The Bertz CT molecular complexity index is 4900. The van der Waals surface area contributed by atoms with E-state index in [1.165, 1.54) is 66.8 Å². The minimum Gasteiger partial charge on any atom is -0.494 e. The number of fused-ring (bicyclic) bond motifs is 4. The maximum atomic E-state index is 7.42. The summed E-state index contributed by atoms with van der Waals surface area (Å²) in [5.74, 6) is 33.9. The van der Waals surface area contributed by atoms with Crippen molar-refractivity contribution in [2.75, 3.05) is 6.61 Å². The molecular formula is C94H94O3. The van der Waals surface area contributed by atoms with Gasteiger partial charge in [0.2, 0.25) is 0 Å². The van der Waals surface area contributed by atoms with Crippen LogP contribution < -0.4 is 14.2 Å². The summed E-state index contributed by atoms with van der Waals surface area (Å²) in [6.45, 7) is 39.5. The first-order valence-electron chi connectivity index (χ1n) is 35.3. The first-order valence-corrected chi connectivity index (χ1v) is 35.3. The molecule has 97 heavy (non-hydrogen) atoms. The van der Waals surface area contributed by atoms with Gasteiger partial charge in [-0.25, -0.2) is 0 Å². The molecule has 0 fully saturated rings. The van der Waals surface area contributed by atoms with Gasteiger partial charge in [0.15, 0.2) is 0 Å². The van der Waals surface area contributed by atoms with Crippen molar-refractivity contribution >= 4 is 0 Å². The molecule has 0 saturated carbocycles. The zero-order valence-corrected chi connectivity index (χ0v) is 60.5. The Morgan fingerprint density at radius 3 is 0.887 bits per heavy atom. The van der Waals surface area contributed by atoms with Crippen LogP contribution in [0.15, 0.2) is 152 Å². The second-order valence-electron chi connectivity index (χ2n) is 32.8. The minimum atomic E-state index is -0.425. The van der Waals surface area contributed by atoms with Crippen molar-refractivity contribution in [2.24, 2.45) is 0 Å². The van der Waals surface area contributed by atoms with Crippen LogP contribution in [0, 0.1) is 47.4 Å². The van der Waals surface area contributed by atoms with E-state index >= 15 is 0 Å². The Balaban J connectivity index is 0.838. The number of hydrogen-bond acceptors (Lipinski definition) is 3. The summed E-state index contributed by atoms with van der Waals surface area (Å²) in [6, 6.07) is 56.7. The number of rotatable bonds is 2. The summed E-state index contributed by atoms with van der Waals surface area (Å²) in [4.78, 5) is 0. The molecule has 8 aliphatic carbocycles. The van der Waals surface area contributed by atoms with E-state index in [1.54, 1.807) is 0 Å². The molecule has 9 aromatic rings. The molecule has 0 amide bonds. The molecule has 0 saturated heterocycles. The molecule has 8 bridgehead atoms. The van der Waals surface area contributed by atoms with Gasteiger partial charge in [0.25, 0.3) is 0 Å². The van der Waals surface area contributed by atoms with Crippen LogP contribution in [-0.2, 0) is 83.9 Å². The lowest BCUT2D eigenvalue weighted by atomic mass is 9.70. The van der Waals surface area contributed by atoms with Crippen molar-refractivity contribution in [1.82, 2.24) is 0 Å². The van der Waals surface area contributed by atoms with E-state index in [2.05, 4.69) is 286 Å². The Morgan fingerprint density at radius 1 is 0.309 bits per heavy atom. The first kappa shape index (κ1) is 66.2. The third kappa shape index (κ3) is 13.7. The fraction of sp³-hybridized carbons (Fsp3) is 0.340. The lowest BCUT2D eigenvalue weighted by Gasteiger charge is -2.38. The lowest BCUT2D eigenvalue weighted by molar-refractivity contribution is 0.340. The summed E-state index contributed by atoms with van der Waals surface area (Å²) >= 11 is 0. The highest BCUT2D eigenvalue weighted by molar-refractivity contribution is 5.72. The average molecular weight is 1270 g/mol. The van der Waals surface area contributed by atoms with Gasteiger partial charge in [-0.2, -0.15) is 0 Å². The van der Waals surface area contributed by atoms with E-state index in [0.29, 0.717) is 6.61 Å². The highest BCUT2D eigenvalue weighted by Gasteiger charge is 2.41.